The fraction of sp³-hybridized carbons (Fsp3) is 0.636. The average molecular weight is 1090 g/mol. The minimum Gasteiger partial charge on any atom is -0.453 e. The Hall–Kier alpha value is -3.22. The molecule has 14 atom stereocenters. The number of fused-ring (bicyclic) bond motifs is 2. The van der Waals surface area contributed by atoms with Crippen molar-refractivity contribution in [3.8, 4) is 0 Å². The predicted octanol–water partition coefficient (Wildman–Crippen LogP) is 5.61. The van der Waals surface area contributed by atoms with Gasteiger partial charge in [0.1, 0.15) is 28.6 Å². The number of cyclic esters (lactones) is 1. The van der Waals surface area contributed by atoms with E-state index in [1.807, 2.05) is 48.5 Å². The largest absolute Gasteiger partial charge is 0.453 e. The maximum atomic E-state index is 14.8. The Kier molecular flexibility index (Phi) is 16.4. The lowest BCUT2D eigenvalue weighted by Crippen LogP contribution is -2.59. The zero-order valence-corrected chi connectivity index (χ0v) is 42.9. The summed E-state index contributed by atoms with van der Waals surface area (Å²) in [5, 5.41) is 13.5. The number of rotatable bonds is 10. The minimum absolute atomic E-state index is 0.0636. The molecular weight excluding hydrogens is 1030 g/mol. The van der Waals surface area contributed by atoms with Crippen LogP contribution in [0.3, 0.4) is 0 Å². The van der Waals surface area contributed by atoms with E-state index in [0.29, 0.717) is 11.9 Å². The van der Waals surface area contributed by atoms with Crippen molar-refractivity contribution < 1.29 is 52.8 Å². The number of nitrogens with zero attached hydrogens (tertiary/aromatic N) is 5. The molecule has 0 aromatic carbocycles. The monoisotopic (exact) mass is 1090 g/mol. The van der Waals surface area contributed by atoms with Crippen LogP contribution in [0.1, 0.15) is 71.7 Å². The van der Waals surface area contributed by atoms with Gasteiger partial charge in [0.05, 0.1) is 50.9 Å². The number of aryl methyl sites for hydroxylation is 1. The molecular formula is C44H58Cl2IN7O11S. The number of ketones is 2. The van der Waals surface area contributed by atoms with Crippen molar-refractivity contribution in [2.24, 2.45) is 29.6 Å². The summed E-state index contributed by atoms with van der Waals surface area (Å²) in [7, 11) is 5.16. The number of esters is 2. The normalized spacial score (nSPS) is 34.8. The number of hydrogen-bond acceptors (Lipinski definition) is 17. The third-order valence-corrected chi connectivity index (χ3v) is 16.7. The van der Waals surface area contributed by atoms with Gasteiger partial charge >= 0.3 is 11.9 Å². The molecule has 1 amide bonds. The first-order valence-corrected chi connectivity index (χ1v) is 24.7. The van der Waals surface area contributed by atoms with Gasteiger partial charge in [-0.25, -0.2) is 9.97 Å². The van der Waals surface area contributed by atoms with Crippen LogP contribution in [0.4, 0.5) is 11.5 Å². The number of ether oxygens (including phenoxy) is 5. The van der Waals surface area contributed by atoms with E-state index < -0.39 is 92.3 Å². The van der Waals surface area contributed by atoms with Gasteiger partial charge in [-0.3, -0.25) is 29.0 Å². The number of likely N-dealkylation sites (N-methyl/N-ethyl adjacent to an activating group) is 1. The van der Waals surface area contributed by atoms with Crippen LogP contribution in [-0.2, 0) is 49.4 Å². The lowest BCUT2D eigenvalue weighted by molar-refractivity contribution is -0.295. The number of nitrogens with two attached hydrogens (primary N) is 1. The lowest BCUT2D eigenvalue weighted by atomic mass is 9.72. The summed E-state index contributed by atoms with van der Waals surface area (Å²) in [5.74, 6) is -7.13. The zero-order chi connectivity index (χ0) is 48.7. The van der Waals surface area contributed by atoms with Crippen LogP contribution in [0.2, 0.25) is 10.0 Å². The Morgan fingerprint density at radius 2 is 1.71 bits per heavy atom. The number of anilines is 2. The molecule has 0 spiro atoms. The number of imidazole rings is 1. The van der Waals surface area contributed by atoms with Crippen molar-refractivity contribution in [1.82, 2.24) is 24.4 Å². The molecule has 3 aromatic rings. The first-order chi connectivity index (χ1) is 30.9. The molecule has 6 rings (SSSR count). The van der Waals surface area contributed by atoms with Crippen LogP contribution >= 0.6 is 57.6 Å². The van der Waals surface area contributed by atoms with E-state index >= 15 is 0 Å². The summed E-state index contributed by atoms with van der Waals surface area (Å²) in [4.78, 5) is 85.3. The van der Waals surface area contributed by atoms with Crippen molar-refractivity contribution >= 4 is 110 Å². The Balaban J connectivity index is 1.30. The number of pyridine rings is 2. The van der Waals surface area contributed by atoms with Crippen LogP contribution in [0, 0.1) is 29.6 Å². The number of carbonyl (C=O) groups is 5. The molecule has 3 saturated heterocycles. The Labute approximate surface area is 411 Å². The molecule has 18 nitrogen and oxygen atoms in total. The second-order valence-electron chi connectivity index (χ2n) is 18.2. The number of thioether (sulfide) groups is 1. The molecule has 0 radical (unpaired) electrons. The maximum absolute atomic E-state index is 14.8. The van der Waals surface area contributed by atoms with Crippen LogP contribution in [-0.4, -0.2) is 137 Å². The molecule has 3 aliphatic rings. The average Bonchev–Trinajstić information content (AvgIpc) is 3.81. The number of nitrogen functional groups attached to an aromatic ring is 1. The second-order valence-corrected chi connectivity index (χ2v) is 21.3. The smallest absolute Gasteiger partial charge is 0.320 e. The topological polar surface area (TPSA) is 237 Å². The van der Waals surface area contributed by atoms with Gasteiger partial charge in [-0.2, -0.15) is 0 Å². The fourth-order valence-corrected chi connectivity index (χ4v) is 12.3. The van der Waals surface area contributed by atoms with Gasteiger partial charge in [0.25, 0.3) is 5.91 Å². The maximum Gasteiger partial charge on any atom is 0.320 e. The van der Waals surface area contributed by atoms with Gasteiger partial charge in [-0.1, -0.05) is 44.0 Å². The quantitative estimate of drug-likeness (QED) is 0.0969. The third kappa shape index (κ3) is 10.2. The summed E-state index contributed by atoms with van der Waals surface area (Å²) in [6, 6.07) is -0.318. The van der Waals surface area contributed by atoms with Crippen LogP contribution in [0.15, 0.2) is 24.9 Å². The minimum atomic E-state index is -1.51. The number of aliphatic hydroxyl groups is 1. The highest BCUT2D eigenvalue weighted by Gasteiger charge is 2.61. The molecule has 3 aromatic heterocycles. The zero-order valence-electron chi connectivity index (χ0n) is 38.5. The van der Waals surface area contributed by atoms with Crippen LogP contribution in [0.25, 0.3) is 11.0 Å². The van der Waals surface area contributed by atoms with Crippen molar-refractivity contribution in [2.45, 2.75) is 119 Å². The third-order valence-electron chi connectivity index (χ3n) is 13.3. The van der Waals surface area contributed by atoms with E-state index in [4.69, 9.17) is 52.6 Å². The van der Waals surface area contributed by atoms with E-state index in [1.54, 1.807) is 39.2 Å². The number of amides is 1. The van der Waals surface area contributed by atoms with Gasteiger partial charge in [0, 0.05) is 67.7 Å². The number of carbonyl (C=O) groups excluding carboxylic acids is 5. The van der Waals surface area contributed by atoms with Crippen LogP contribution in [0.5, 0.6) is 0 Å². The summed E-state index contributed by atoms with van der Waals surface area (Å²) >= 11 is 15.7. The van der Waals surface area contributed by atoms with Crippen molar-refractivity contribution in [3.05, 3.63) is 40.5 Å². The summed E-state index contributed by atoms with van der Waals surface area (Å²) in [6.45, 7) is 12.0. The summed E-state index contributed by atoms with van der Waals surface area (Å²) in [5.41, 5.74) is 4.28. The molecule has 0 aliphatic carbocycles. The number of aliphatic hydroxyl groups excluding tert-OH is 1. The molecule has 0 saturated carbocycles. The number of Topliss-reactive ketones (excluding diaryl/α,β-unsaturated/α-hetero) is 2. The highest BCUT2D eigenvalue weighted by atomic mass is 127. The Morgan fingerprint density at radius 1 is 1.05 bits per heavy atom. The molecule has 3 aliphatic heterocycles. The molecule has 362 valence electrons. The van der Waals surface area contributed by atoms with Gasteiger partial charge in [-0.05, 0) is 77.2 Å². The number of halogens is 3. The Morgan fingerprint density at radius 3 is 2.35 bits per heavy atom. The van der Waals surface area contributed by atoms with E-state index in [2.05, 4.69) is 20.3 Å². The van der Waals surface area contributed by atoms with Gasteiger partial charge in [-0.15, -0.1) is 11.8 Å². The van der Waals surface area contributed by atoms with Gasteiger partial charge in [0.2, 0.25) is 0 Å². The van der Waals surface area contributed by atoms with E-state index in [9.17, 15) is 29.1 Å². The lowest BCUT2D eigenvalue weighted by Gasteiger charge is -2.47. The molecule has 22 heteroatoms. The van der Waals surface area contributed by atoms with Gasteiger partial charge < -0.3 is 49.3 Å². The second kappa shape index (κ2) is 20.8. The molecule has 3 fully saturated rings. The number of nitrogens with one attached hydrogen (secondary N) is 1. The number of aromatic nitrogens is 4. The first-order valence-electron chi connectivity index (χ1n) is 21.6. The van der Waals surface area contributed by atoms with Crippen molar-refractivity contribution in [1.29, 1.82) is 0 Å². The van der Waals surface area contributed by atoms with Crippen LogP contribution < -0.4 is 11.1 Å². The van der Waals surface area contributed by atoms with Crippen molar-refractivity contribution in [2.75, 3.05) is 38.0 Å². The Bertz CT molecular complexity index is 2330. The first kappa shape index (κ1) is 52.2. The number of methoxy groups -OCH3 is 1. The SMILES string of the molecule is CO[C@]1(C)C[C@@H](C)C(=O)[C@H](C)[C@H]2[C@H](SCCn3cnc4c(N)ncc(C(=O)Nc5c(Cl)cncc5Cl)c43)C(=O)O[C@]2(C)[C@@H](I)OC(=O)[C@H](C)C(=O)[C@H](C)[C@H]1O[C@@H]1O[C@H](C)C[C@H](N(C)C)[C@H]1O. The van der Waals surface area contributed by atoms with E-state index in [0.717, 1.165) is 0 Å². The summed E-state index contributed by atoms with van der Waals surface area (Å²) in [6.07, 6.45) is 2.46. The predicted molar refractivity (Wildman–Crippen MR) is 256 cm³/mol. The molecule has 0 bridgehead atoms. The standard InChI is InChI=1S/C44H58Cl2IN7O11S/c1-19-14-43(6,61-10)36(63-41-34(57)27(53(8)9)13-20(2)62-41)22(4)33(56)23(5)39(59)64-42(47)44(7)28(21(3)32(19)55)35(40(60)65-44)66-12-11-54-18-51-30-31(54)24(15-50-37(30)48)38(58)52-29-25(45)16-49-17-26(29)46/h15-23,27-28,34-36,41-42,57H,11-14H2,1-10H3,(H2,48,50)(H,49,52,58)/t19-,20-,21-,22+,23-,27+,28+,34-,35+,36-,41+,42+,43-,44+/m1/s1. The highest BCUT2D eigenvalue weighted by Crippen LogP contribution is 2.50. The highest BCUT2D eigenvalue weighted by molar-refractivity contribution is 14.1. The van der Waals surface area contributed by atoms with E-state index in [1.165, 1.54) is 50.7 Å². The number of alkyl halides is 1. The van der Waals surface area contributed by atoms with Gasteiger partial charge in [0.15, 0.2) is 27.6 Å². The molecule has 66 heavy (non-hydrogen) atoms. The van der Waals surface area contributed by atoms with E-state index in [-0.39, 0.29) is 69.3 Å². The fourth-order valence-electron chi connectivity index (χ4n) is 9.57. The molecule has 4 N–H and O–H groups in total. The summed E-state index contributed by atoms with van der Waals surface area (Å²) < 4.78 is 31.7. The molecule has 0 unspecified atom stereocenters. The number of hydrogen-bond donors (Lipinski definition) is 3. The van der Waals surface area contributed by atoms with Crippen molar-refractivity contribution in [3.63, 3.8) is 0 Å². The molecule has 6 heterocycles.